The summed E-state index contributed by atoms with van der Waals surface area (Å²) in [5.74, 6) is -0.423. The lowest BCUT2D eigenvalue weighted by atomic mass is 10.1. The van der Waals surface area contributed by atoms with E-state index in [0.717, 1.165) is 24.5 Å². The number of hydrogen-bond donors (Lipinski definition) is 2. The number of carbonyl (C=O) groups excluding carboxylic acids is 2. The number of aromatic amines is 1. The van der Waals surface area contributed by atoms with E-state index >= 15 is 0 Å². The molecule has 33 heavy (non-hydrogen) atoms. The molecule has 1 aliphatic rings. The third-order valence-electron chi connectivity index (χ3n) is 5.57. The molecule has 0 bridgehead atoms. The molecule has 2 amide bonds. The number of carbonyl (C=O) groups is 2. The molecule has 1 saturated heterocycles. The van der Waals surface area contributed by atoms with Crippen LogP contribution in [0, 0.1) is 6.92 Å². The van der Waals surface area contributed by atoms with Gasteiger partial charge in [0.25, 0.3) is 11.5 Å². The molecule has 3 aromatic rings. The van der Waals surface area contributed by atoms with E-state index in [0.29, 0.717) is 36.1 Å². The highest BCUT2D eigenvalue weighted by Crippen LogP contribution is 2.25. The van der Waals surface area contributed by atoms with Crippen LogP contribution in [0.3, 0.4) is 0 Å². The smallest absolute Gasteiger partial charge is 0.263 e. The Balaban J connectivity index is 1.26. The topological polar surface area (TPSA) is 98.4 Å². The van der Waals surface area contributed by atoms with Crippen molar-refractivity contribution in [1.29, 1.82) is 0 Å². The van der Waals surface area contributed by atoms with Crippen LogP contribution in [-0.4, -0.2) is 52.9 Å². The molecule has 4 rings (SSSR count). The summed E-state index contributed by atoms with van der Waals surface area (Å²) in [6, 6.07) is 8.91. The van der Waals surface area contributed by atoms with Gasteiger partial charge in [-0.3, -0.25) is 19.7 Å². The fraction of sp³-hybridized carbons (Fsp3) is 0.304. The van der Waals surface area contributed by atoms with Gasteiger partial charge in [0.05, 0.1) is 5.69 Å². The van der Waals surface area contributed by atoms with Crippen LogP contribution < -0.4 is 15.8 Å². The number of amides is 2. The summed E-state index contributed by atoms with van der Waals surface area (Å²) in [5, 5.41) is 5.57. The van der Waals surface area contributed by atoms with Crippen LogP contribution in [0.4, 0.5) is 10.8 Å². The summed E-state index contributed by atoms with van der Waals surface area (Å²) in [4.78, 5) is 47.7. The SMILES string of the molecule is Cc1ccc(Cl)cc1N1CCN(C(=O)CCc2csc(NC(=O)c3ccc[nH]c3=O)n2)CC1. The third kappa shape index (κ3) is 5.61. The van der Waals surface area contributed by atoms with Crippen LogP contribution in [-0.2, 0) is 11.2 Å². The third-order valence-corrected chi connectivity index (χ3v) is 6.62. The zero-order chi connectivity index (χ0) is 23.4. The molecule has 10 heteroatoms. The number of H-pyrrole nitrogens is 1. The normalized spacial score (nSPS) is 13.8. The summed E-state index contributed by atoms with van der Waals surface area (Å²) >= 11 is 7.42. The molecule has 0 unspecified atom stereocenters. The van der Waals surface area contributed by atoms with Crippen molar-refractivity contribution in [3.05, 3.63) is 74.1 Å². The highest BCUT2D eigenvalue weighted by Gasteiger charge is 2.22. The maximum atomic E-state index is 12.7. The molecular formula is C23H24ClN5O3S. The Bertz CT molecular complexity index is 1220. The summed E-state index contributed by atoms with van der Waals surface area (Å²) < 4.78 is 0. The Hall–Kier alpha value is -3.17. The van der Waals surface area contributed by atoms with Crippen LogP contribution >= 0.6 is 22.9 Å². The van der Waals surface area contributed by atoms with Crippen LogP contribution in [0.1, 0.15) is 28.0 Å². The predicted molar refractivity (Wildman–Crippen MR) is 130 cm³/mol. The van der Waals surface area contributed by atoms with E-state index < -0.39 is 11.5 Å². The van der Waals surface area contributed by atoms with Gasteiger partial charge in [-0.25, -0.2) is 4.98 Å². The lowest BCUT2D eigenvalue weighted by molar-refractivity contribution is -0.131. The second-order valence-corrected chi connectivity index (χ2v) is 9.10. The molecule has 0 radical (unpaired) electrons. The molecule has 1 aromatic carbocycles. The molecule has 8 nitrogen and oxygen atoms in total. The first-order valence-electron chi connectivity index (χ1n) is 10.6. The molecule has 3 heterocycles. The van der Waals surface area contributed by atoms with Crippen molar-refractivity contribution < 1.29 is 9.59 Å². The Morgan fingerprint density at radius 2 is 2.00 bits per heavy atom. The van der Waals surface area contributed by atoms with Gasteiger partial charge in [0.1, 0.15) is 5.56 Å². The fourth-order valence-corrected chi connectivity index (χ4v) is 4.66. The van der Waals surface area contributed by atoms with Crippen molar-refractivity contribution in [3.63, 3.8) is 0 Å². The summed E-state index contributed by atoms with van der Waals surface area (Å²) in [5.41, 5.74) is 2.59. The van der Waals surface area contributed by atoms with Gasteiger partial charge in [-0.2, -0.15) is 0 Å². The van der Waals surface area contributed by atoms with E-state index in [1.807, 2.05) is 28.5 Å². The number of anilines is 2. The standard InChI is InChI=1S/C23H24ClN5O3S/c1-15-4-5-16(24)13-19(15)28-9-11-29(12-10-28)20(30)7-6-17-14-33-23(26-17)27-22(32)18-3-2-8-25-21(18)31/h2-5,8,13-14H,6-7,9-12H2,1H3,(H,25,31)(H,26,27,32). The number of hydrogen-bond acceptors (Lipinski definition) is 6. The molecule has 2 aromatic heterocycles. The molecule has 0 spiro atoms. The zero-order valence-electron chi connectivity index (χ0n) is 18.1. The van der Waals surface area contributed by atoms with E-state index in [4.69, 9.17) is 11.6 Å². The molecule has 0 aliphatic carbocycles. The van der Waals surface area contributed by atoms with Crippen LogP contribution in [0.15, 0.2) is 46.7 Å². The minimum atomic E-state index is -0.512. The average molecular weight is 486 g/mol. The number of nitrogens with one attached hydrogen (secondary N) is 2. The van der Waals surface area contributed by atoms with E-state index in [1.54, 1.807) is 6.07 Å². The molecule has 0 atom stereocenters. The predicted octanol–water partition coefficient (Wildman–Crippen LogP) is 3.33. The number of pyridine rings is 1. The summed E-state index contributed by atoms with van der Waals surface area (Å²) in [7, 11) is 0. The number of aromatic nitrogens is 2. The molecule has 1 fully saturated rings. The Morgan fingerprint density at radius 1 is 1.21 bits per heavy atom. The van der Waals surface area contributed by atoms with Crippen molar-refractivity contribution in [2.75, 3.05) is 36.4 Å². The van der Waals surface area contributed by atoms with Crippen LogP contribution in [0.2, 0.25) is 5.02 Å². The number of halogens is 1. The van der Waals surface area contributed by atoms with E-state index in [2.05, 4.69) is 27.1 Å². The highest BCUT2D eigenvalue weighted by molar-refractivity contribution is 7.14. The van der Waals surface area contributed by atoms with E-state index in [1.165, 1.54) is 29.2 Å². The first-order valence-corrected chi connectivity index (χ1v) is 11.9. The molecule has 0 saturated carbocycles. The number of thiazole rings is 1. The Labute approximate surface area is 200 Å². The van der Waals surface area contributed by atoms with Gasteiger partial charge in [-0.1, -0.05) is 17.7 Å². The van der Waals surface area contributed by atoms with Gasteiger partial charge < -0.3 is 14.8 Å². The Kier molecular flexibility index (Phi) is 7.10. The molecule has 1 aliphatic heterocycles. The maximum absolute atomic E-state index is 12.7. The second kappa shape index (κ2) is 10.2. The first kappa shape index (κ1) is 23.0. The van der Waals surface area contributed by atoms with Crippen molar-refractivity contribution in [2.45, 2.75) is 19.8 Å². The largest absolute Gasteiger partial charge is 0.368 e. The molecular weight excluding hydrogens is 462 g/mol. The lowest BCUT2D eigenvalue weighted by Crippen LogP contribution is -2.49. The fourth-order valence-electron chi connectivity index (χ4n) is 3.76. The first-order chi connectivity index (χ1) is 15.9. The van der Waals surface area contributed by atoms with Crippen LogP contribution in [0.25, 0.3) is 0 Å². The minimum Gasteiger partial charge on any atom is -0.368 e. The molecule has 2 N–H and O–H groups in total. The second-order valence-electron chi connectivity index (χ2n) is 7.81. The summed E-state index contributed by atoms with van der Waals surface area (Å²) in [6.07, 6.45) is 2.31. The minimum absolute atomic E-state index is 0.0246. The number of rotatable bonds is 6. The van der Waals surface area contributed by atoms with Crippen molar-refractivity contribution >= 4 is 45.6 Å². The zero-order valence-corrected chi connectivity index (χ0v) is 19.7. The van der Waals surface area contributed by atoms with Crippen LogP contribution in [0.5, 0.6) is 0 Å². The van der Waals surface area contributed by atoms with Gasteiger partial charge in [-0.05, 0) is 43.2 Å². The van der Waals surface area contributed by atoms with Crippen molar-refractivity contribution in [1.82, 2.24) is 14.9 Å². The average Bonchev–Trinajstić information content (AvgIpc) is 3.26. The van der Waals surface area contributed by atoms with Gasteiger partial charge in [0, 0.05) is 54.9 Å². The number of aryl methyl sites for hydroxylation is 2. The number of nitrogens with zero attached hydrogens (tertiary/aromatic N) is 3. The van der Waals surface area contributed by atoms with Crippen molar-refractivity contribution in [3.8, 4) is 0 Å². The maximum Gasteiger partial charge on any atom is 0.263 e. The summed E-state index contributed by atoms with van der Waals surface area (Å²) in [6.45, 7) is 4.91. The highest BCUT2D eigenvalue weighted by atomic mass is 35.5. The quantitative estimate of drug-likeness (QED) is 0.558. The van der Waals surface area contributed by atoms with Gasteiger partial charge in [-0.15, -0.1) is 11.3 Å². The number of piperazine rings is 1. The van der Waals surface area contributed by atoms with E-state index in [9.17, 15) is 14.4 Å². The van der Waals surface area contributed by atoms with Gasteiger partial charge in [0.15, 0.2) is 5.13 Å². The Morgan fingerprint density at radius 3 is 2.76 bits per heavy atom. The van der Waals surface area contributed by atoms with Crippen molar-refractivity contribution in [2.24, 2.45) is 0 Å². The monoisotopic (exact) mass is 485 g/mol. The lowest BCUT2D eigenvalue weighted by Gasteiger charge is -2.37. The van der Waals surface area contributed by atoms with Gasteiger partial charge in [0.2, 0.25) is 5.91 Å². The van der Waals surface area contributed by atoms with Gasteiger partial charge >= 0.3 is 0 Å². The molecule has 172 valence electrons. The number of benzene rings is 1. The van der Waals surface area contributed by atoms with E-state index in [-0.39, 0.29) is 11.5 Å².